The van der Waals surface area contributed by atoms with Crippen LogP contribution >= 0.6 is 11.6 Å². The molecule has 2 fully saturated rings. The van der Waals surface area contributed by atoms with Crippen LogP contribution in [0.25, 0.3) is 0 Å². The van der Waals surface area contributed by atoms with Gasteiger partial charge in [-0.05, 0) is 48.4 Å². The molecular formula is C21H23ClFN3O2. The van der Waals surface area contributed by atoms with Crippen LogP contribution in [0.4, 0.5) is 10.1 Å². The molecule has 4 rings (SSSR count). The molecule has 0 spiro atoms. The first-order valence-corrected chi connectivity index (χ1v) is 9.84. The van der Waals surface area contributed by atoms with E-state index < -0.39 is 0 Å². The molecular weight excluding hydrogens is 381 g/mol. The molecule has 0 unspecified atom stereocenters. The number of nitrogens with one attached hydrogen (secondary N) is 2. The topological polar surface area (TPSA) is 53.6 Å². The number of morpholine rings is 1. The first-order chi connectivity index (χ1) is 13.6. The number of hydrogen-bond acceptors (Lipinski definition) is 4. The smallest absolute Gasteiger partial charge is 0.239 e. The Bertz CT molecular complexity index is 815. The van der Waals surface area contributed by atoms with Crippen LogP contribution in [0, 0.1) is 5.82 Å². The van der Waals surface area contributed by atoms with Crippen LogP contribution in [0.2, 0.25) is 5.02 Å². The molecule has 2 N–H and O–H groups in total. The van der Waals surface area contributed by atoms with Gasteiger partial charge >= 0.3 is 0 Å². The molecule has 148 valence electrons. The average molecular weight is 404 g/mol. The van der Waals surface area contributed by atoms with Crippen molar-refractivity contribution < 1.29 is 13.9 Å². The fourth-order valence-corrected chi connectivity index (χ4v) is 4.01. The van der Waals surface area contributed by atoms with Crippen LogP contribution in [0.3, 0.4) is 0 Å². The van der Waals surface area contributed by atoms with E-state index in [2.05, 4.69) is 15.5 Å². The summed E-state index contributed by atoms with van der Waals surface area (Å²) in [6, 6.07) is 14.2. The molecule has 2 saturated heterocycles. The molecule has 7 heteroatoms. The van der Waals surface area contributed by atoms with Gasteiger partial charge in [0, 0.05) is 35.9 Å². The lowest BCUT2D eigenvalue weighted by atomic mass is 10.1. The standard InChI is InChI=1S/C21H23ClFN3O2/c22-15-3-1-14(2-4-15)20-12-26-11-18(9-19(26)13-28-20)25-21(27)10-24-17-7-5-16(23)6-8-17/h1-8,18-20,24H,9-13H2,(H,25,27)/t18-,19-,20+/m0/s1. The van der Waals surface area contributed by atoms with E-state index in [1.165, 1.54) is 12.1 Å². The number of carbonyl (C=O) groups excluding carboxylic acids is 1. The van der Waals surface area contributed by atoms with E-state index in [0.29, 0.717) is 12.6 Å². The lowest BCUT2D eigenvalue weighted by molar-refractivity contribution is -0.120. The van der Waals surface area contributed by atoms with Crippen molar-refractivity contribution in [1.29, 1.82) is 0 Å². The SMILES string of the molecule is O=C(CNc1ccc(F)cc1)N[C@H]1C[C@H]2CO[C@@H](c3ccc(Cl)cc3)CN2C1. The molecule has 1 amide bonds. The highest BCUT2D eigenvalue weighted by atomic mass is 35.5. The van der Waals surface area contributed by atoms with E-state index in [-0.39, 0.29) is 30.4 Å². The Hall–Kier alpha value is -2.15. The third-order valence-electron chi connectivity index (χ3n) is 5.32. The Morgan fingerprint density at radius 2 is 1.89 bits per heavy atom. The number of fused-ring (bicyclic) bond motifs is 1. The largest absolute Gasteiger partial charge is 0.376 e. The van der Waals surface area contributed by atoms with Gasteiger partial charge in [0.1, 0.15) is 5.82 Å². The highest BCUT2D eigenvalue weighted by Gasteiger charge is 2.38. The molecule has 0 aliphatic carbocycles. The molecule has 0 saturated carbocycles. The molecule has 0 bridgehead atoms. The number of rotatable bonds is 5. The van der Waals surface area contributed by atoms with Gasteiger partial charge in [-0.3, -0.25) is 9.69 Å². The summed E-state index contributed by atoms with van der Waals surface area (Å²) < 4.78 is 19.0. The molecule has 2 aliphatic heterocycles. The number of carbonyl (C=O) groups is 1. The average Bonchev–Trinajstić information content (AvgIpc) is 3.09. The monoisotopic (exact) mass is 403 g/mol. The van der Waals surface area contributed by atoms with Crippen LogP contribution in [0.15, 0.2) is 48.5 Å². The lowest BCUT2D eigenvalue weighted by Crippen LogP contribution is -2.43. The summed E-state index contributed by atoms with van der Waals surface area (Å²) in [5.41, 5.74) is 1.85. The van der Waals surface area contributed by atoms with E-state index in [0.717, 1.165) is 35.8 Å². The lowest BCUT2D eigenvalue weighted by Gasteiger charge is -2.35. The molecule has 5 nitrogen and oxygen atoms in total. The fraction of sp³-hybridized carbons (Fsp3) is 0.381. The molecule has 2 aliphatic rings. The zero-order valence-corrected chi connectivity index (χ0v) is 16.2. The van der Waals surface area contributed by atoms with E-state index in [1.807, 2.05) is 24.3 Å². The first-order valence-electron chi connectivity index (χ1n) is 9.47. The van der Waals surface area contributed by atoms with E-state index in [1.54, 1.807) is 12.1 Å². The maximum atomic E-state index is 12.9. The Balaban J connectivity index is 1.26. The Kier molecular flexibility index (Phi) is 5.80. The van der Waals surface area contributed by atoms with Gasteiger partial charge in [0.15, 0.2) is 0 Å². The molecule has 0 radical (unpaired) electrons. The van der Waals surface area contributed by atoms with Crippen molar-refractivity contribution in [2.75, 3.05) is 31.6 Å². The highest BCUT2D eigenvalue weighted by Crippen LogP contribution is 2.30. The Morgan fingerprint density at radius 1 is 1.14 bits per heavy atom. The highest BCUT2D eigenvalue weighted by molar-refractivity contribution is 6.30. The van der Waals surface area contributed by atoms with E-state index >= 15 is 0 Å². The van der Waals surface area contributed by atoms with Crippen LogP contribution < -0.4 is 10.6 Å². The van der Waals surface area contributed by atoms with Gasteiger partial charge in [0.2, 0.25) is 5.91 Å². The number of ether oxygens (including phenoxy) is 1. The minimum Gasteiger partial charge on any atom is -0.376 e. The predicted octanol–water partition coefficient (Wildman–Crippen LogP) is 3.22. The van der Waals surface area contributed by atoms with Crippen molar-refractivity contribution >= 4 is 23.2 Å². The molecule has 0 aromatic heterocycles. The van der Waals surface area contributed by atoms with E-state index in [4.69, 9.17) is 16.3 Å². The molecule has 3 atom stereocenters. The van der Waals surface area contributed by atoms with E-state index in [9.17, 15) is 9.18 Å². The number of benzene rings is 2. The summed E-state index contributed by atoms with van der Waals surface area (Å²) in [4.78, 5) is 14.6. The van der Waals surface area contributed by atoms with Gasteiger partial charge in [-0.2, -0.15) is 0 Å². The van der Waals surface area contributed by atoms with Crippen molar-refractivity contribution in [3.63, 3.8) is 0 Å². The van der Waals surface area contributed by atoms with Crippen molar-refractivity contribution in [3.05, 3.63) is 64.9 Å². The molecule has 2 heterocycles. The molecule has 2 aromatic rings. The van der Waals surface area contributed by atoms with Crippen LogP contribution in [-0.2, 0) is 9.53 Å². The summed E-state index contributed by atoms with van der Waals surface area (Å²) in [5.74, 6) is -0.360. The van der Waals surface area contributed by atoms with Gasteiger partial charge in [0.25, 0.3) is 0 Å². The quantitative estimate of drug-likeness (QED) is 0.804. The van der Waals surface area contributed by atoms with Gasteiger partial charge < -0.3 is 15.4 Å². The van der Waals surface area contributed by atoms with Gasteiger partial charge in [-0.1, -0.05) is 23.7 Å². The summed E-state index contributed by atoms with van der Waals surface area (Å²) >= 11 is 5.97. The molecule has 28 heavy (non-hydrogen) atoms. The van der Waals surface area contributed by atoms with Crippen LogP contribution in [0.1, 0.15) is 18.1 Å². The number of halogens is 2. The third kappa shape index (κ3) is 4.63. The number of anilines is 1. The first kappa shape index (κ1) is 19.2. The van der Waals surface area contributed by atoms with Crippen LogP contribution in [0.5, 0.6) is 0 Å². The summed E-state index contributed by atoms with van der Waals surface area (Å²) in [7, 11) is 0. The minimum absolute atomic E-state index is 0.0307. The number of amides is 1. The third-order valence-corrected chi connectivity index (χ3v) is 5.57. The number of nitrogens with zero attached hydrogens (tertiary/aromatic N) is 1. The maximum absolute atomic E-state index is 12.9. The maximum Gasteiger partial charge on any atom is 0.239 e. The molecule has 2 aromatic carbocycles. The Morgan fingerprint density at radius 3 is 2.64 bits per heavy atom. The second-order valence-electron chi connectivity index (χ2n) is 7.34. The summed E-state index contributed by atoms with van der Waals surface area (Å²) in [6.45, 7) is 2.46. The van der Waals surface area contributed by atoms with Crippen molar-refractivity contribution in [3.8, 4) is 0 Å². The second-order valence-corrected chi connectivity index (χ2v) is 7.78. The zero-order chi connectivity index (χ0) is 19.5. The van der Waals surface area contributed by atoms with Gasteiger partial charge in [0.05, 0.1) is 19.3 Å². The van der Waals surface area contributed by atoms with Crippen LogP contribution in [-0.4, -0.2) is 49.1 Å². The zero-order valence-electron chi connectivity index (χ0n) is 15.4. The fourth-order valence-electron chi connectivity index (χ4n) is 3.89. The predicted molar refractivity (Wildman–Crippen MR) is 107 cm³/mol. The minimum atomic E-state index is -0.295. The van der Waals surface area contributed by atoms with Crippen molar-refractivity contribution in [2.24, 2.45) is 0 Å². The van der Waals surface area contributed by atoms with Crippen molar-refractivity contribution in [2.45, 2.75) is 24.6 Å². The Labute approximate surface area is 168 Å². The number of hydrogen-bond donors (Lipinski definition) is 2. The summed E-state index contributed by atoms with van der Waals surface area (Å²) in [5, 5.41) is 6.82. The van der Waals surface area contributed by atoms with Crippen molar-refractivity contribution in [1.82, 2.24) is 10.2 Å². The summed E-state index contributed by atoms with van der Waals surface area (Å²) in [6.07, 6.45) is 0.915. The van der Waals surface area contributed by atoms with Gasteiger partial charge in [-0.25, -0.2) is 4.39 Å². The normalized spacial score (nSPS) is 24.6. The van der Waals surface area contributed by atoms with Gasteiger partial charge in [-0.15, -0.1) is 0 Å². The second kappa shape index (κ2) is 8.47.